The number of ether oxygens (including phenoxy) is 1. The van der Waals surface area contributed by atoms with Gasteiger partial charge in [-0.05, 0) is 17.9 Å². The predicted molar refractivity (Wildman–Crippen MR) is 93.5 cm³/mol. The van der Waals surface area contributed by atoms with E-state index in [0.29, 0.717) is 12.5 Å². The van der Waals surface area contributed by atoms with E-state index in [1.54, 1.807) is 0 Å². The second kappa shape index (κ2) is 9.04. The maximum absolute atomic E-state index is 12.5. The molecule has 23 heavy (non-hydrogen) atoms. The third kappa shape index (κ3) is 5.63. The lowest BCUT2D eigenvalue weighted by Gasteiger charge is -2.34. The van der Waals surface area contributed by atoms with Gasteiger partial charge in [0.2, 0.25) is 5.91 Å². The zero-order valence-corrected chi connectivity index (χ0v) is 14.6. The first-order valence-corrected chi connectivity index (χ1v) is 8.76. The molecular formula is C19H30N2O2. The van der Waals surface area contributed by atoms with E-state index in [2.05, 4.69) is 31.0 Å². The fraction of sp³-hybridized carbons (Fsp3) is 0.632. The number of carbonyl (C=O) groups excluding carboxylic acids is 1. The molecule has 0 unspecified atom stereocenters. The lowest BCUT2D eigenvalue weighted by Crippen LogP contribution is -2.48. The van der Waals surface area contributed by atoms with Crippen molar-refractivity contribution in [1.29, 1.82) is 0 Å². The second-order valence-corrected chi connectivity index (χ2v) is 6.76. The molecule has 4 heteroatoms. The molecule has 0 spiro atoms. The van der Waals surface area contributed by atoms with E-state index >= 15 is 0 Å². The van der Waals surface area contributed by atoms with Crippen molar-refractivity contribution in [3.05, 3.63) is 35.9 Å². The maximum atomic E-state index is 12.5. The van der Waals surface area contributed by atoms with Crippen molar-refractivity contribution in [1.82, 2.24) is 10.2 Å². The largest absolute Gasteiger partial charge is 0.374 e. The van der Waals surface area contributed by atoms with Crippen LogP contribution in [0.25, 0.3) is 0 Å². The van der Waals surface area contributed by atoms with Gasteiger partial charge in [-0.3, -0.25) is 9.69 Å². The SMILES string of the molecule is CC[C@@H](C(=O)NC[C@H]1CN(CC(C)C)CCO1)c1ccccc1. The van der Waals surface area contributed by atoms with E-state index in [1.165, 1.54) is 0 Å². The summed E-state index contributed by atoms with van der Waals surface area (Å²) in [6, 6.07) is 10.00. The van der Waals surface area contributed by atoms with E-state index in [1.807, 2.05) is 30.3 Å². The number of hydrogen-bond donors (Lipinski definition) is 1. The Balaban J connectivity index is 1.83. The molecule has 2 atom stereocenters. The van der Waals surface area contributed by atoms with Crippen LogP contribution in [-0.2, 0) is 9.53 Å². The molecule has 0 radical (unpaired) electrons. The molecule has 2 rings (SSSR count). The molecule has 0 bridgehead atoms. The van der Waals surface area contributed by atoms with Crippen molar-refractivity contribution in [2.75, 3.05) is 32.8 Å². The minimum absolute atomic E-state index is 0.0773. The summed E-state index contributed by atoms with van der Waals surface area (Å²) in [5, 5.41) is 3.09. The lowest BCUT2D eigenvalue weighted by atomic mass is 9.95. The number of morpholine rings is 1. The van der Waals surface area contributed by atoms with Crippen molar-refractivity contribution in [2.24, 2.45) is 5.92 Å². The van der Waals surface area contributed by atoms with E-state index < -0.39 is 0 Å². The zero-order valence-electron chi connectivity index (χ0n) is 14.6. The number of amides is 1. The normalized spacial score (nSPS) is 20.4. The first-order chi connectivity index (χ1) is 11.1. The van der Waals surface area contributed by atoms with Crippen LogP contribution in [-0.4, -0.2) is 49.7 Å². The van der Waals surface area contributed by atoms with Gasteiger partial charge in [0.15, 0.2) is 0 Å². The Morgan fingerprint density at radius 1 is 1.35 bits per heavy atom. The highest BCUT2D eigenvalue weighted by Gasteiger charge is 2.23. The molecule has 0 aliphatic carbocycles. The molecule has 0 saturated carbocycles. The number of rotatable bonds is 7. The van der Waals surface area contributed by atoms with Gasteiger partial charge >= 0.3 is 0 Å². The van der Waals surface area contributed by atoms with Gasteiger partial charge in [-0.25, -0.2) is 0 Å². The van der Waals surface area contributed by atoms with Crippen molar-refractivity contribution < 1.29 is 9.53 Å². The Morgan fingerprint density at radius 3 is 2.74 bits per heavy atom. The van der Waals surface area contributed by atoms with Gasteiger partial charge < -0.3 is 10.1 Å². The van der Waals surface area contributed by atoms with Gasteiger partial charge in [-0.2, -0.15) is 0 Å². The highest BCUT2D eigenvalue weighted by Crippen LogP contribution is 2.19. The van der Waals surface area contributed by atoms with Crippen molar-refractivity contribution in [2.45, 2.75) is 39.2 Å². The third-order valence-electron chi connectivity index (χ3n) is 4.28. The Bertz CT molecular complexity index is 476. The van der Waals surface area contributed by atoms with Crippen LogP contribution in [0.2, 0.25) is 0 Å². The fourth-order valence-corrected chi connectivity index (χ4v) is 3.18. The average molecular weight is 318 g/mol. The third-order valence-corrected chi connectivity index (χ3v) is 4.28. The maximum Gasteiger partial charge on any atom is 0.227 e. The first-order valence-electron chi connectivity index (χ1n) is 8.76. The molecule has 1 heterocycles. The monoisotopic (exact) mass is 318 g/mol. The zero-order chi connectivity index (χ0) is 16.7. The Kier molecular flexibility index (Phi) is 7.06. The van der Waals surface area contributed by atoms with Crippen LogP contribution in [0.5, 0.6) is 0 Å². The number of nitrogens with one attached hydrogen (secondary N) is 1. The van der Waals surface area contributed by atoms with E-state index in [-0.39, 0.29) is 17.9 Å². The Hall–Kier alpha value is -1.39. The summed E-state index contributed by atoms with van der Waals surface area (Å²) in [5.74, 6) is 0.681. The summed E-state index contributed by atoms with van der Waals surface area (Å²) < 4.78 is 5.80. The standard InChI is InChI=1S/C19H30N2O2/c1-4-18(16-8-6-5-7-9-16)19(22)20-12-17-14-21(10-11-23-17)13-15(2)3/h5-9,15,17-18H,4,10-14H2,1-3H3,(H,20,22)/t17-,18+/m0/s1. The molecule has 4 nitrogen and oxygen atoms in total. The van der Waals surface area contributed by atoms with Gasteiger partial charge in [0.05, 0.1) is 18.6 Å². The van der Waals surface area contributed by atoms with Crippen LogP contribution in [0.1, 0.15) is 38.7 Å². The van der Waals surface area contributed by atoms with Gasteiger partial charge in [-0.15, -0.1) is 0 Å². The minimum atomic E-state index is -0.0773. The van der Waals surface area contributed by atoms with Crippen LogP contribution in [0.15, 0.2) is 30.3 Å². The molecule has 1 aliphatic heterocycles. The fourth-order valence-electron chi connectivity index (χ4n) is 3.18. The highest BCUT2D eigenvalue weighted by atomic mass is 16.5. The molecule has 1 aliphatic rings. The van der Waals surface area contributed by atoms with Crippen LogP contribution < -0.4 is 5.32 Å². The minimum Gasteiger partial charge on any atom is -0.374 e. The number of carbonyl (C=O) groups is 1. The molecule has 1 amide bonds. The Morgan fingerprint density at radius 2 is 2.09 bits per heavy atom. The molecule has 128 valence electrons. The van der Waals surface area contributed by atoms with Crippen molar-refractivity contribution >= 4 is 5.91 Å². The summed E-state index contributed by atoms with van der Waals surface area (Å²) >= 11 is 0. The smallest absolute Gasteiger partial charge is 0.227 e. The highest BCUT2D eigenvalue weighted by molar-refractivity contribution is 5.83. The number of nitrogens with zero attached hydrogens (tertiary/aromatic N) is 1. The van der Waals surface area contributed by atoms with Crippen molar-refractivity contribution in [3.8, 4) is 0 Å². The molecule has 0 aromatic heterocycles. The Labute approximate surface area is 140 Å². The quantitative estimate of drug-likeness (QED) is 0.840. The van der Waals surface area contributed by atoms with E-state index in [9.17, 15) is 4.79 Å². The predicted octanol–water partition coefficient (Wildman–Crippen LogP) is 2.65. The second-order valence-electron chi connectivity index (χ2n) is 6.76. The molecule has 1 saturated heterocycles. The van der Waals surface area contributed by atoms with Crippen LogP contribution in [0.4, 0.5) is 0 Å². The number of benzene rings is 1. The molecule has 1 N–H and O–H groups in total. The summed E-state index contributed by atoms with van der Waals surface area (Å²) in [5.41, 5.74) is 1.08. The van der Waals surface area contributed by atoms with Gasteiger partial charge in [0.1, 0.15) is 0 Å². The molecular weight excluding hydrogens is 288 g/mol. The van der Waals surface area contributed by atoms with E-state index in [0.717, 1.165) is 38.2 Å². The van der Waals surface area contributed by atoms with Crippen molar-refractivity contribution in [3.63, 3.8) is 0 Å². The molecule has 1 aromatic carbocycles. The van der Waals surface area contributed by atoms with Gasteiger partial charge in [-0.1, -0.05) is 51.1 Å². The van der Waals surface area contributed by atoms with Crippen LogP contribution >= 0.6 is 0 Å². The summed E-state index contributed by atoms with van der Waals surface area (Å²) in [6.07, 6.45) is 0.903. The van der Waals surface area contributed by atoms with Crippen LogP contribution in [0.3, 0.4) is 0 Å². The van der Waals surface area contributed by atoms with Crippen LogP contribution in [0, 0.1) is 5.92 Å². The first kappa shape index (κ1) is 18.0. The lowest BCUT2D eigenvalue weighted by molar-refractivity contribution is -0.123. The summed E-state index contributed by atoms with van der Waals surface area (Å²) in [6.45, 7) is 10.9. The number of hydrogen-bond acceptors (Lipinski definition) is 3. The van der Waals surface area contributed by atoms with Gasteiger partial charge in [0, 0.05) is 26.2 Å². The average Bonchev–Trinajstić information content (AvgIpc) is 2.54. The molecule has 1 aromatic rings. The molecule has 1 fully saturated rings. The topological polar surface area (TPSA) is 41.6 Å². The van der Waals surface area contributed by atoms with E-state index in [4.69, 9.17) is 4.74 Å². The summed E-state index contributed by atoms with van der Waals surface area (Å²) in [7, 11) is 0. The summed E-state index contributed by atoms with van der Waals surface area (Å²) in [4.78, 5) is 14.9. The van der Waals surface area contributed by atoms with Gasteiger partial charge in [0.25, 0.3) is 0 Å².